The molecular formula is C43H30ClN3. The Labute approximate surface area is 279 Å². The van der Waals surface area contributed by atoms with Crippen LogP contribution in [0.15, 0.2) is 146 Å². The largest absolute Gasteiger partial charge is 0.226 e. The van der Waals surface area contributed by atoms with E-state index < -0.39 is 5.41 Å². The minimum atomic E-state index is -0.514. The summed E-state index contributed by atoms with van der Waals surface area (Å²) in [6.07, 6.45) is 0. The minimum Gasteiger partial charge on any atom is -0.208 e. The van der Waals surface area contributed by atoms with Crippen LogP contribution in [0.4, 0.5) is 0 Å². The summed E-state index contributed by atoms with van der Waals surface area (Å²) in [7, 11) is 0. The molecule has 6 aromatic carbocycles. The molecule has 0 N–H and O–H groups in total. The van der Waals surface area contributed by atoms with Crippen molar-refractivity contribution < 1.29 is 0 Å². The minimum absolute atomic E-state index is 0.177. The van der Waals surface area contributed by atoms with E-state index in [1.54, 1.807) is 0 Å². The maximum Gasteiger partial charge on any atom is 0.226 e. The van der Waals surface area contributed by atoms with Crippen molar-refractivity contribution in [3.63, 3.8) is 0 Å². The van der Waals surface area contributed by atoms with Crippen molar-refractivity contribution in [1.29, 1.82) is 0 Å². The van der Waals surface area contributed by atoms with E-state index in [0.717, 1.165) is 16.7 Å². The van der Waals surface area contributed by atoms with E-state index in [2.05, 4.69) is 159 Å². The molecule has 0 spiro atoms. The van der Waals surface area contributed by atoms with Gasteiger partial charge >= 0.3 is 0 Å². The number of nitrogens with zero attached hydrogens (tertiary/aromatic N) is 3. The van der Waals surface area contributed by atoms with Crippen LogP contribution in [0.25, 0.3) is 45.0 Å². The first kappa shape index (κ1) is 27.9. The summed E-state index contributed by atoms with van der Waals surface area (Å²) in [6, 6.07) is 52.0. The summed E-state index contributed by atoms with van der Waals surface area (Å²) >= 11 is 6.72. The maximum absolute atomic E-state index is 6.72. The van der Waals surface area contributed by atoms with Crippen molar-refractivity contribution in [2.75, 3.05) is 0 Å². The molecule has 0 radical (unpaired) electrons. The molecule has 0 atom stereocenters. The van der Waals surface area contributed by atoms with Crippen molar-refractivity contribution in [1.82, 2.24) is 15.0 Å². The maximum atomic E-state index is 6.72. The Bertz CT molecular complexity index is 2310. The Morgan fingerprint density at radius 1 is 0.447 bits per heavy atom. The molecule has 4 heteroatoms. The molecule has 9 rings (SSSR count). The second-order valence-corrected chi connectivity index (χ2v) is 13.3. The first-order valence-electron chi connectivity index (χ1n) is 16.0. The van der Waals surface area contributed by atoms with Gasteiger partial charge < -0.3 is 0 Å². The van der Waals surface area contributed by atoms with Gasteiger partial charge in [-0.25, -0.2) is 4.98 Å². The average Bonchev–Trinajstić information content (AvgIpc) is 3.55. The van der Waals surface area contributed by atoms with E-state index in [1.807, 2.05) is 0 Å². The normalized spacial score (nSPS) is 14.6. The molecule has 0 bridgehead atoms. The summed E-state index contributed by atoms with van der Waals surface area (Å²) in [5.41, 5.74) is 13.5. The number of fused-ring (bicyclic) bond motifs is 6. The molecule has 47 heavy (non-hydrogen) atoms. The second kappa shape index (κ2) is 10.3. The Morgan fingerprint density at radius 3 is 1.66 bits per heavy atom. The monoisotopic (exact) mass is 623 g/mol. The highest BCUT2D eigenvalue weighted by atomic mass is 35.5. The van der Waals surface area contributed by atoms with Gasteiger partial charge in [0.05, 0.1) is 5.41 Å². The zero-order valence-corrected chi connectivity index (χ0v) is 26.8. The lowest BCUT2D eigenvalue weighted by molar-refractivity contribution is 0.661. The molecule has 1 heterocycles. The van der Waals surface area contributed by atoms with Gasteiger partial charge in [0.1, 0.15) is 0 Å². The summed E-state index contributed by atoms with van der Waals surface area (Å²) in [5, 5.41) is 0.177. The lowest BCUT2D eigenvalue weighted by Gasteiger charge is -2.34. The van der Waals surface area contributed by atoms with Crippen LogP contribution < -0.4 is 0 Å². The summed E-state index contributed by atoms with van der Waals surface area (Å²) in [5.74, 6) is 1.13. The van der Waals surface area contributed by atoms with Crippen LogP contribution in [0.5, 0.6) is 0 Å². The number of halogens is 1. The zero-order chi connectivity index (χ0) is 31.8. The Hall–Kier alpha value is -5.38. The van der Waals surface area contributed by atoms with Crippen LogP contribution in [-0.2, 0) is 10.8 Å². The average molecular weight is 624 g/mol. The van der Waals surface area contributed by atoms with E-state index in [0.29, 0.717) is 11.6 Å². The molecule has 0 aliphatic heterocycles. The van der Waals surface area contributed by atoms with Crippen LogP contribution in [0.1, 0.15) is 47.2 Å². The van der Waals surface area contributed by atoms with Crippen molar-refractivity contribution >= 4 is 11.6 Å². The topological polar surface area (TPSA) is 38.7 Å². The van der Waals surface area contributed by atoms with Crippen molar-refractivity contribution in [2.24, 2.45) is 0 Å². The molecule has 0 unspecified atom stereocenters. The van der Waals surface area contributed by atoms with Crippen LogP contribution in [-0.4, -0.2) is 15.0 Å². The molecule has 0 amide bonds. The third-order valence-electron chi connectivity index (χ3n) is 10.1. The summed E-state index contributed by atoms with van der Waals surface area (Å²) in [4.78, 5) is 14.5. The Kier molecular flexibility index (Phi) is 6.12. The molecule has 3 nitrogen and oxygen atoms in total. The third kappa shape index (κ3) is 3.96. The predicted octanol–water partition coefficient (Wildman–Crippen LogP) is 10.5. The van der Waals surface area contributed by atoms with E-state index >= 15 is 0 Å². The molecular weight excluding hydrogens is 594 g/mol. The lowest BCUT2D eigenvalue weighted by atomic mass is 9.67. The molecule has 224 valence electrons. The fourth-order valence-corrected chi connectivity index (χ4v) is 8.40. The number of benzene rings is 6. The van der Waals surface area contributed by atoms with Crippen molar-refractivity contribution in [3.05, 3.63) is 184 Å². The molecule has 0 saturated carbocycles. The van der Waals surface area contributed by atoms with Gasteiger partial charge in [0.2, 0.25) is 5.28 Å². The molecule has 0 saturated heterocycles. The van der Waals surface area contributed by atoms with Gasteiger partial charge in [0, 0.05) is 16.5 Å². The van der Waals surface area contributed by atoms with Gasteiger partial charge in [0.15, 0.2) is 11.6 Å². The van der Waals surface area contributed by atoms with Crippen LogP contribution >= 0.6 is 11.6 Å². The van der Waals surface area contributed by atoms with Gasteiger partial charge in [0.25, 0.3) is 0 Å². The molecule has 1 aromatic heterocycles. The summed E-state index contributed by atoms with van der Waals surface area (Å²) < 4.78 is 0. The number of hydrogen-bond acceptors (Lipinski definition) is 3. The van der Waals surface area contributed by atoms with E-state index in [4.69, 9.17) is 26.6 Å². The lowest BCUT2D eigenvalue weighted by Crippen LogP contribution is -2.28. The molecule has 0 fully saturated rings. The van der Waals surface area contributed by atoms with Gasteiger partial charge in [-0.15, -0.1) is 0 Å². The van der Waals surface area contributed by atoms with Crippen LogP contribution in [0.2, 0.25) is 5.28 Å². The SMILES string of the molecule is CC1(C)c2ccccc2-c2cccc(-c3nc(Cl)nc(-c4cccc(C5(c6ccccc6)c6ccccc6-c6ccccc65)c4)n3)c21. The van der Waals surface area contributed by atoms with Crippen molar-refractivity contribution in [2.45, 2.75) is 24.7 Å². The number of rotatable bonds is 4. The first-order valence-corrected chi connectivity index (χ1v) is 16.4. The molecule has 2 aliphatic carbocycles. The van der Waals surface area contributed by atoms with Crippen molar-refractivity contribution in [3.8, 4) is 45.0 Å². The van der Waals surface area contributed by atoms with Crippen LogP contribution in [0.3, 0.4) is 0 Å². The van der Waals surface area contributed by atoms with Gasteiger partial charge in [-0.3, -0.25) is 0 Å². The van der Waals surface area contributed by atoms with Gasteiger partial charge in [-0.05, 0) is 73.3 Å². The van der Waals surface area contributed by atoms with E-state index in [1.165, 1.54) is 50.1 Å². The quantitative estimate of drug-likeness (QED) is 0.196. The fraction of sp³-hybridized carbons (Fsp3) is 0.0930. The third-order valence-corrected chi connectivity index (χ3v) is 10.3. The Balaban J connectivity index is 1.24. The predicted molar refractivity (Wildman–Crippen MR) is 191 cm³/mol. The Morgan fingerprint density at radius 2 is 0.957 bits per heavy atom. The highest BCUT2D eigenvalue weighted by Crippen LogP contribution is 2.56. The fourth-order valence-electron chi connectivity index (χ4n) is 8.24. The number of aromatic nitrogens is 3. The zero-order valence-electron chi connectivity index (χ0n) is 26.1. The second-order valence-electron chi connectivity index (χ2n) is 12.9. The highest BCUT2D eigenvalue weighted by Gasteiger charge is 2.46. The van der Waals surface area contributed by atoms with Crippen LogP contribution in [0, 0.1) is 0 Å². The van der Waals surface area contributed by atoms with Gasteiger partial charge in [-0.1, -0.05) is 153 Å². The summed E-state index contributed by atoms with van der Waals surface area (Å²) in [6.45, 7) is 4.54. The highest BCUT2D eigenvalue weighted by molar-refractivity contribution is 6.28. The number of hydrogen-bond donors (Lipinski definition) is 0. The van der Waals surface area contributed by atoms with E-state index in [-0.39, 0.29) is 10.7 Å². The standard InChI is InChI=1S/C43H30ClN3/c1-42(2)35-23-9-6-20-32(35)33-21-13-22-34(38(33)42)40-45-39(46-41(44)47-40)27-14-12-17-29(26-27)43(28-15-4-3-5-16-28)36-24-10-7-18-30(36)31-19-8-11-25-37(31)43/h3-26H,1-2H3. The van der Waals surface area contributed by atoms with E-state index in [9.17, 15) is 0 Å². The van der Waals surface area contributed by atoms with Gasteiger partial charge in [-0.2, -0.15) is 9.97 Å². The molecule has 7 aromatic rings. The smallest absolute Gasteiger partial charge is 0.208 e. The first-order chi connectivity index (χ1) is 23.0. The molecule has 2 aliphatic rings.